The fourth-order valence-electron chi connectivity index (χ4n) is 4.53. The Hall–Kier alpha value is -4.36. The summed E-state index contributed by atoms with van der Waals surface area (Å²) in [6, 6.07) is 26.2. The molecule has 0 saturated carbocycles. The molecule has 1 aromatic heterocycles. The lowest BCUT2D eigenvalue weighted by molar-refractivity contribution is 0.102. The minimum Gasteiger partial charge on any atom is -0.497 e. The van der Waals surface area contributed by atoms with Crippen molar-refractivity contribution >= 4 is 34.8 Å². The van der Waals surface area contributed by atoms with Gasteiger partial charge in [0.25, 0.3) is 5.91 Å². The molecule has 5 rings (SSSR count). The zero-order valence-electron chi connectivity index (χ0n) is 22.0. The highest BCUT2D eigenvalue weighted by molar-refractivity contribution is 7.99. The Kier molecular flexibility index (Phi) is 7.52. The highest BCUT2D eigenvalue weighted by atomic mass is 32.2. The zero-order valence-corrected chi connectivity index (χ0v) is 22.8. The van der Waals surface area contributed by atoms with E-state index in [-0.39, 0.29) is 17.2 Å². The van der Waals surface area contributed by atoms with Crippen LogP contribution in [0.15, 0.2) is 107 Å². The number of anilines is 1. The van der Waals surface area contributed by atoms with Crippen LogP contribution >= 0.6 is 11.8 Å². The summed E-state index contributed by atoms with van der Waals surface area (Å²) in [5.74, 6) is 0.352. The van der Waals surface area contributed by atoms with Crippen LogP contribution in [-0.2, 0) is 6.42 Å². The summed E-state index contributed by atoms with van der Waals surface area (Å²) in [4.78, 5) is 31.7. The molecule has 0 aliphatic carbocycles. The SMILES string of the molecule is COc1ccc2c(c1)/C(=C/C(=O)c1ccc(NC(=O)c3cccnc3Sc3ccccc3)cc1)NC(C)(C)C2. The summed E-state index contributed by atoms with van der Waals surface area (Å²) in [5, 5.41) is 7.05. The maximum Gasteiger partial charge on any atom is 0.258 e. The van der Waals surface area contributed by atoms with Crippen LogP contribution in [0.4, 0.5) is 5.69 Å². The molecule has 0 radical (unpaired) electrons. The van der Waals surface area contributed by atoms with Crippen molar-refractivity contribution in [1.29, 1.82) is 0 Å². The van der Waals surface area contributed by atoms with Crippen LogP contribution in [0.25, 0.3) is 5.70 Å². The van der Waals surface area contributed by atoms with Crippen LogP contribution in [0, 0.1) is 0 Å². The van der Waals surface area contributed by atoms with E-state index in [1.807, 2.05) is 42.5 Å². The van der Waals surface area contributed by atoms with Gasteiger partial charge >= 0.3 is 0 Å². The highest BCUT2D eigenvalue weighted by Gasteiger charge is 2.28. The lowest BCUT2D eigenvalue weighted by Gasteiger charge is -2.35. The van der Waals surface area contributed by atoms with E-state index in [1.165, 1.54) is 11.8 Å². The number of ether oxygens (including phenoxy) is 1. The number of nitrogens with zero attached hydrogens (tertiary/aromatic N) is 1. The quantitative estimate of drug-likeness (QED) is 0.204. The zero-order chi connectivity index (χ0) is 27.4. The molecular formula is C32H29N3O3S. The molecule has 0 fully saturated rings. The Morgan fingerprint density at radius 3 is 2.51 bits per heavy atom. The van der Waals surface area contributed by atoms with Gasteiger partial charge in [0.1, 0.15) is 10.8 Å². The molecule has 0 saturated heterocycles. The van der Waals surface area contributed by atoms with Crippen LogP contribution in [0.2, 0.25) is 0 Å². The molecule has 1 amide bonds. The summed E-state index contributed by atoms with van der Waals surface area (Å²) in [7, 11) is 1.63. The van der Waals surface area contributed by atoms with Crippen molar-refractivity contribution in [1.82, 2.24) is 10.3 Å². The number of benzene rings is 3. The number of rotatable bonds is 7. The van der Waals surface area contributed by atoms with Gasteiger partial charge in [-0.2, -0.15) is 0 Å². The summed E-state index contributed by atoms with van der Waals surface area (Å²) >= 11 is 1.44. The Balaban J connectivity index is 1.32. The molecule has 0 unspecified atom stereocenters. The average molecular weight is 536 g/mol. The van der Waals surface area contributed by atoms with Crippen molar-refractivity contribution in [3.8, 4) is 5.75 Å². The van der Waals surface area contributed by atoms with Gasteiger partial charge in [0, 0.05) is 45.2 Å². The van der Waals surface area contributed by atoms with Gasteiger partial charge in [-0.05, 0) is 86.5 Å². The van der Waals surface area contributed by atoms with Crippen LogP contribution in [0.5, 0.6) is 5.75 Å². The number of carbonyl (C=O) groups is 2. The highest BCUT2D eigenvalue weighted by Crippen LogP contribution is 2.33. The molecule has 4 aromatic rings. The van der Waals surface area contributed by atoms with Crippen LogP contribution in [0.1, 0.15) is 45.7 Å². The van der Waals surface area contributed by atoms with Gasteiger partial charge in [-0.15, -0.1) is 0 Å². The molecular weight excluding hydrogens is 506 g/mol. The minimum atomic E-state index is -0.262. The fraction of sp³-hybridized carbons (Fsp3) is 0.156. The number of aromatic nitrogens is 1. The molecule has 39 heavy (non-hydrogen) atoms. The third-order valence-electron chi connectivity index (χ3n) is 6.39. The number of hydrogen-bond acceptors (Lipinski definition) is 6. The Labute approximate surface area is 232 Å². The predicted octanol–water partition coefficient (Wildman–Crippen LogP) is 6.64. The summed E-state index contributed by atoms with van der Waals surface area (Å²) in [6.07, 6.45) is 4.15. The topological polar surface area (TPSA) is 80.3 Å². The van der Waals surface area contributed by atoms with Gasteiger partial charge in [-0.25, -0.2) is 4.98 Å². The molecule has 0 spiro atoms. The Morgan fingerprint density at radius 2 is 1.77 bits per heavy atom. The molecule has 0 atom stereocenters. The second-order valence-electron chi connectivity index (χ2n) is 9.93. The van der Waals surface area contributed by atoms with Crippen molar-refractivity contribution in [3.05, 3.63) is 119 Å². The molecule has 6 nitrogen and oxygen atoms in total. The van der Waals surface area contributed by atoms with Gasteiger partial charge in [0.2, 0.25) is 0 Å². The third-order valence-corrected chi connectivity index (χ3v) is 7.42. The van der Waals surface area contributed by atoms with E-state index in [0.29, 0.717) is 21.8 Å². The van der Waals surface area contributed by atoms with Gasteiger partial charge < -0.3 is 15.4 Å². The number of pyridine rings is 1. The predicted molar refractivity (Wildman–Crippen MR) is 155 cm³/mol. The normalized spacial score (nSPS) is 14.7. The molecule has 2 heterocycles. The summed E-state index contributed by atoms with van der Waals surface area (Å²) in [5.41, 5.74) is 4.31. The molecule has 1 aliphatic heterocycles. The lowest BCUT2D eigenvalue weighted by Crippen LogP contribution is -2.43. The third kappa shape index (κ3) is 6.21. The molecule has 3 aromatic carbocycles. The van der Waals surface area contributed by atoms with Gasteiger partial charge in [0.05, 0.1) is 12.7 Å². The van der Waals surface area contributed by atoms with E-state index >= 15 is 0 Å². The van der Waals surface area contributed by atoms with Crippen molar-refractivity contribution in [2.45, 2.75) is 35.7 Å². The van der Waals surface area contributed by atoms with Gasteiger partial charge in [0.15, 0.2) is 5.78 Å². The average Bonchev–Trinajstić information content (AvgIpc) is 2.93. The summed E-state index contributed by atoms with van der Waals surface area (Å²) in [6.45, 7) is 4.23. The number of amides is 1. The fourth-order valence-corrected chi connectivity index (χ4v) is 5.43. The van der Waals surface area contributed by atoms with E-state index in [9.17, 15) is 9.59 Å². The maximum atomic E-state index is 13.2. The second-order valence-corrected chi connectivity index (χ2v) is 11.0. The van der Waals surface area contributed by atoms with E-state index in [2.05, 4.69) is 35.5 Å². The van der Waals surface area contributed by atoms with Crippen molar-refractivity contribution < 1.29 is 14.3 Å². The van der Waals surface area contributed by atoms with Gasteiger partial charge in [-0.3, -0.25) is 9.59 Å². The number of ketones is 1. The Morgan fingerprint density at radius 1 is 1.00 bits per heavy atom. The number of methoxy groups -OCH3 is 1. The second kappa shape index (κ2) is 11.2. The smallest absolute Gasteiger partial charge is 0.258 e. The van der Waals surface area contributed by atoms with Crippen molar-refractivity contribution in [2.24, 2.45) is 0 Å². The monoisotopic (exact) mass is 535 g/mol. The minimum absolute atomic E-state index is 0.129. The molecule has 1 aliphatic rings. The number of nitrogens with one attached hydrogen (secondary N) is 2. The first-order chi connectivity index (χ1) is 18.8. The van der Waals surface area contributed by atoms with E-state index in [0.717, 1.165) is 33.9 Å². The van der Waals surface area contributed by atoms with Crippen molar-refractivity contribution in [3.63, 3.8) is 0 Å². The number of allylic oxidation sites excluding steroid dienone is 1. The maximum absolute atomic E-state index is 13.2. The largest absolute Gasteiger partial charge is 0.497 e. The first-order valence-electron chi connectivity index (χ1n) is 12.6. The van der Waals surface area contributed by atoms with E-state index in [1.54, 1.807) is 55.8 Å². The standard InChI is InChI=1S/C32H29N3O3S/c1-32(2)20-22-13-16-24(38-3)18-27(22)28(35-32)19-29(36)21-11-14-23(15-12-21)34-30(37)26-10-7-17-33-31(26)39-25-8-5-4-6-9-25/h4-19,35H,20H2,1-3H3,(H,34,37)/b28-19-. The van der Waals surface area contributed by atoms with Gasteiger partial charge in [-0.1, -0.05) is 36.0 Å². The molecule has 2 N–H and O–H groups in total. The van der Waals surface area contributed by atoms with Crippen LogP contribution in [0.3, 0.4) is 0 Å². The van der Waals surface area contributed by atoms with E-state index in [4.69, 9.17) is 4.74 Å². The number of hydrogen-bond donors (Lipinski definition) is 2. The van der Waals surface area contributed by atoms with Crippen molar-refractivity contribution in [2.75, 3.05) is 12.4 Å². The van der Waals surface area contributed by atoms with Crippen LogP contribution < -0.4 is 15.4 Å². The lowest BCUT2D eigenvalue weighted by atomic mass is 9.85. The molecule has 0 bridgehead atoms. The first-order valence-corrected chi connectivity index (χ1v) is 13.4. The molecule has 7 heteroatoms. The van der Waals surface area contributed by atoms with Crippen LogP contribution in [-0.4, -0.2) is 29.3 Å². The Bertz CT molecular complexity index is 1550. The molecule has 196 valence electrons. The number of carbonyl (C=O) groups excluding carboxylic acids is 2. The summed E-state index contributed by atoms with van der Waals surface area (Å²) < 4.78 is 5.40. The first kappa shape index (κ1) is 26.3. The number of fused-ring (bicyclic) bond motifs is 1. The van der Waals surface area contributed by atoms with E-state index < -0.39 is 0 Å².